The van der Waals surface area contributed by atoms with Crippen molar-refractivity contribution in [2.75, 3.05) is 0 Å². The molecule has 0 aromatic carbocycles. The molecule has 8 heteroatoms. The molecule has 0 amide bonds. The van der Waals surface area contributed by atoms with Crippen LogP contribution in [-0.4, -0.2) is 28.4 Å². The molecule has 1 atom stereocenters. The lowest BCUT2D eigenvalue weighted by Gasteiger charge is -2.16. The van der Waals surface area contributed by atoms with Gasteiger partial charge in [0.05, 0.1) is 0 Å². The smallest absolute Gasteiger partial charge is 0.379 e. The highest BCUT2D eigenvalue weighted by molar-refractivity contribution is 7.80. The van der Waals surface area contributed by atoms with Crippen LogP contribution in [0, 0.1) is 0 Å². The van der Waals surface area contributed by atoms with E-state index in [1.807, 2.05) is 0 Å². The molecule has 0 aliphatic rings. The summed E-state index contributed by atoms with van der Waals surface area (Å²) in [6, 6.07) is 0. The van der Waals surface area contributed by atoms with Crippen molar-refractivity contribution in [2.45, 2.75) is 18.5 Å². The Kier molecular flexibility index (Phi) is 3.07. The number of alkyl halides is 6. The van der Waals surface area contributed by atoms with Gasteiger partial charge in [0.2, 0.25) is 0 Å². The second-order valence-electron chi connectivity index (χ2n) is 1.81. The molecule has 0 radical (unpaired) electrons. The largest absolute Gasteiger partial charge is 0.425 e. The number of aliphatic hydroxyl groups is 1. The van der Waals surface area contributed by atoms with Crippen LogP contribution in [0.25, 0.3) is 0 Å². The summed E-state index contributed by atoms with van der Waals surface area (Å²) in [6.07, 6.45) is -14.3. The molecule has 0 aliphatic heterocycles. The molecule has 12 heavy (non-hydrogen) atoms. The molecule has 0 aromatic rings. The average Bonchev–Trinajstić information content (AvgIpc) is 1.80. The molecule has 0 aliphatic carbocycles. The quantitative estimate of drug-likeness (QED) is 0.528. The molecule has 0 aromatic heterocycles. The van der Waals surface area contributed by atoms with Crippen molar-refractivity contribution in [3.05, 3.63) is 0 Å². The van der Waals surface area contributed by atoms with Crippen LogP contribution in [0.3, 0.4) is 0 Å². The Balaban J connectivity index is 4.53. The van der Waals surface area contributed by atoms with Crippen molar-refractivity contribution < 1.29 is 31.4 Å². The van der Waals surface area contributed by atoms with Crippen molar-refractivity contribution in [2.24, 2.45) is 0 Å². The van der Waals surface area contributed by atoms with Gasteiger partial charge in [0, 0.05) is 0 Å². The van der Waals surface area contributed by atoms with Gasteiger partial charge in [-0.05, 0) is 0 Å². The predicted octanol–water partition coefficient (Wildman–Crippen LogP) is 1.84. The summed E-state index contributed by atoms with van der Waals surface area (Å²) in [5, 5.41) is 8.00. The van der Waals surface area contributed by atoms with Crippen LogP contribution in [0.2, 0.25) is 0 Å². The summed E-state index contributed by atoms with van der Waals surface area (Å²) in [5.74, 6) is 0. The standard InChI is InChI=1S/C4H2F6OS/c5-3(6,7)1(11)2(12)4(8,9)10/h1,11H. The zero-order chi connectivity index (χ0) is 10.2. The van der Waals surface area contributed by atoms with E-state index in [0.29, 0.717) is 0 Å². The van der Waals surface area contributed by atoms with E-state index in [4.69, 9.17) is 5.11 Å². The van der Waals surface area contributed by atoms with Crippen molar-refractivity contribution in [1.29, 1.82) is 0 Å². The van der Waals surface area contributed by atoms with E-state index in [1.165, 1.54) is 0 Å². The Labute approximate surface area is 68.0 Å². The highest BCUT2D eigenvalue weighted by Gasteiger charge is 2.50. The van der Waals surface area contributed by atoms with Gasteiger partial charge in [-0.3, -0.25) is 0 Å². The summed E-state index contributed by atoms with van der Waals surface area (Å²) in [7, 11) is 0. The van der Waals surface area contributed by atoms with Crippen molar-refractivity contribution in [3.63, 3.8) is 0 Å². The topological polar surface area (TPSA) is 20.2 Å². The number of halogens is 6. The Morgan fingerprint density at radius 2 is 1.42 bits per heavy atom. The average molecular weight is 212 g/mol. The molecular formula is C4H2F6OS. The lowest BCUT2D eigenvalue weighted by Crippen LogP contribution is -2.42. The lowest BCUT2D eigenvalue weighted by atomic mass is 10.2. The first-order chi connectivity index (χ1) is 5.07. The minimum atomic E-state index is -5.37. The Bertz CT molecular complexity index is 181. The van der Waals surface area contributed by atoms with Crippen LogP contribution in [0.15, 0.2) is 0 Å². The van der Waals surface area contributed by atoms with Crippen molar-refractivity contribution >= 4 is 17.1 Å². The number of aliphatic hydroxyl groups excluding tert-OH is 1. The Morgan fingerprint density at radius 3 is 1.50 bits per heavy atom. The fraction of sp³-hybridized carbons (Fsp3) is 0.750. The number of hydrogen-bond donors (Lipinski definition) is 1. The molecule has 0 saturated heterocycles. The van der Waals surface area contributed by atoms with Gasteiger partial charge in [0.25, 0.3) is 0 Å². The van der Waals surface area contributed by atoms with E-state index in [1.54, 1.807) is 0 Å². The van der Waals surface area contributed by atoms with Gasteiger partial charge in [-0.15, -0.1) is 0 Å². The van der Waals surface area contributed by atoms with Crippen LogP contribution in [0.5, 0.6) is 0 Å². The minimum Gasteiger partial charge on any atom is -0.379 e. The van der Waals surface area contributed by atoms with E-state index in [-0.39, 0.29) is 0 Å². The van der Waals surface area contributed by atoms with Gasteiger partial charge in [0.1, 0.15) is 4.86 Å². The van der Waals surface area contributed by atoms with Crippen LogP contribution >= 0.6 is 12.2 Å². The number of rotatable bonds is 1. The lowest BCUT2D eigenvalue weighted by molar-refractivity contribution is -0.188. The summed E-state index contributed by atoms with van der Waals surface area (Å²) >= 11 is 3.37. The minimum absolute atomic E-state index is 2.38. The van der Waals surface area contributed by atoms with Crippen LogP contribution in [0.1, 0.15) is 0 Å². The Hall–Kier alpha value is -0.370. The van der Waals surface area contributed by atoms with Crippen LogP contribution in [-0.2, 0) is 0 Å². The third-order valence-electron chi connectivity index (χ3n) is 0.838. The van der Waals surface area contributed by atoms with Crippen LogP contribution in [0.4, 0.5) is 26.3 Å². The summed E-state index contributed by atoms with van der Waals surface area (Å²) in [5.41, 5.74) is 0. The second kappa shape index (κ2) is 3.17. The van der Waals surface area contributed by atoms with Crippen LogP contribution < -0.4 is 0 Å². The predicted molar refractivity (Wildman–Crippen MR) is 30.7 cm³/mol. The van der Waals surface area contributed by atoms with E-state index in [9.17, 15) is 26.3 Å². The number of hydrogen-bond acceptors (Lipinski definition) is 2. The molecule has 0 saturated carbocycles. The van der Waals surface area contributed by atoms with Gasteiger partial charge in [-0.1, -0.05) is 12.2 Å². The highest BCUT2D eigenvalue weighted by atomic mass is 32.1. The third kappa shape index (κ3) is 2.94. The Morgan fingerprint density at radius 1 is 1.08 bits per heavy atom. The maximum Gasteiger partial charge on any atom is 0.425 e. The first-order valence-corrected chi connectivity index (χ1v) is 2.83. The molecular weight excluding hydrogens is 210 g/mol. The van der Waals surface area contributed by atoms with Gasteiger partial charge < -0.3 is 5.11 Å². The van der Waals surface area contributed by atoms with Crippen molar-refractivity contribution in [1.82, 2.24) is 0 Å². The SMILES string of the molecule is OC(C(=S)C(F)(F)F)C(F)(F)F. The highest BCUT2D eigenvalue weighted by Crippen LogP contribution is 2.28. The van der Waals surface area contributed by atoms with Crippen molar-refractivity contribution in [3.8, 4) is 0 Å². The first kappa shape index (κ1) is 11.6. The molecule has 1 nitrogen and oxygen atoms in total. The van der Waals surface area contributed by atoms with E-state index < -0.39 is 23.3 Å². The molecule has 1 N–H and O–H groups in total. The van der Waals surface area contributed by atoms with E-state index >= 15 is 0 Å². The summed E-state index contributed by atoms with van der Waals surface area (Å²) in [6.45, 7) is 0. The molecule has 0 fully saturated rings. The zero-order valence-electron chi connectivity index (χ0n) is 5.20. The van der Waals surface area contributed by atoms with Gasteiger partial charge in [-0.25, -0.2) is 0 Å². The maximum absolute atomic E-state index is 11.4. The first-order valence-electron chi connectivity index (χ1n) is 2.42. The normalized spacial score (nSPS) is 15.9. The van der Waals surface area contributed by atoms with Gasteiger partial charge in [-0.2, -0.15) is 26.3 Å². The third-order valence-corrected chi connectivity index (χ3v) is 1.29. The van der Waals surface area contributed by atoms with Gasteiger partial charge >= 0.3 is 12.4 Å². The zero-order valence-corrected chi connectivity index (χ0v) is 6.02. The van der Waals surface area contributed by atoms with E-state index in [2.05, 4.69) is 12.2 Å². The molecule has 0 heterocycles. The monoisotopic (exact) mass is 212 g/mol. The molecule has 0 spiro atoms. The summed E-state index contributed by atoms with van der Waals surface area (Å²) < 4.78 is 68.5. The maximum atomic E-state index is 11.4. The summed E-state index contributed by atoms with van der Waals surface area (Å²) in [4.78, 5) is -2.38. The fourth-order valence-corrected chi connectivity index (χ4v) is 0.437. The number of thiocarbonyl (C=S) groups is 1. The molecule has 0 rings (SSSR count). The second-order valence-corrected chi connectivity index (χ2v) is 2.25. The van der Waals surface area contributed by atoms with E-state index in [0.717, 1.165) is 0 Å². The molecule has 1 unspecified atom stereocenters. The van der Waals surface area contributed by atoms with Gasteiger partial charge in [0.15, 0.2) is 6.10 Å². The fourth-order valence-electron chi connectivity index (χ4n) is 0.304. The molecule has 0 bridgehead atoms. The molecule has 72 valence electrons.